The highest BCUT2D eigenvalue weighted by Crippen LogP contribution is 2.25. The minimum Gasteiger partial charge on any atom is -0.497 e. The largest absolute Gasteiger partial charge is 0.497 e. The van der Waals surface area contributed by atoms with Crippen molar-refractivity contribution >= 4 is 22.5 Å². The molecule has 0 aliphatic rings. The van der Waals surface area contributed by atoms with Crippen molar-refractivity contribution in [3.63, 3.8) is 0 Å². The molecule has 2 aromatic carbocycles. The van der Waals surface area contributed by atoms with Gasteiger partial charge in [0.2, 0.25) is 5.88 Å². The van der Waals surface area contributed by atoms with Crippen LogP contribution in [0.2, 0.25) is 0 Å². The van der Waals surface area contributed by atoms with Crippen LogP contribution in [0.1, 0.15) is 6.92 Å². The summed E-state index contributed by atoms with van der Waals surface area (Å²) >= 11 is 0. The SMILES string of the molecule is COc1cccc(NC(=O)C(C)Oc2nn(C)c3ccccc23)c1. The maximum atomic E-state index is 12.3. The molecule has 1 N–H and O–H groups in total. The average Bonchev–Trinajstić information content (AvgIpc) is 2.91. The summed E-state index contributed by atoms with van der Waals surface area (Å²) in [6, 6.07) is 14.9. The van der Waals surface area contributed by atoms with E-state index in [1.165, 1.54) is 0 Å². The van der Waals surface area contributed by atoms with Gasteiger partial charge in [-0.25, -0.2) is 0 Å². The zero-order valence-electron chi connectivity index (χ0n) is 13.8. The van der Waals surface area contributed by atoms with Crippen molar-refractivity contribution in [3.8, 4) is 11.6 Å². The summed E-state index contributed by atoms with van der Waals surface area (Å²) in [5.74, 6) is 0.872. The third-order valence-electron chi connectivity index (χ3n) is 3.72. The lowest BCUT2D eigenvalue weighted by Gasteiger charge is -2.13. The fourth-order valence-corrected chi connectivity index (χ4v) is 2.43. The van der Waals surface area contributed by atoms with E-state index in [1.807, 2.05) is 43.4 Å². The van der Waals surface area contributed by atoms with E-state index in [9.17, 15) is 4.79 Å². The molecule has 0 saturated carbocycles. The van der Waals surface area contributed by atoms with Crippen LogP contribution in [0, 0.1) is 0 Å². The monoisotopic (exact) mass is 325 g/mol. The van der Waals surface area contributed by atoms with Gasteiger partial charge in [-0.15, -0.1) is 5.10 Å². The molecule has 1 amide bonds. The van der Waals surface area contributed by atoms with Crippen LogP contribution in [0.15, 0.2) is 48.5 Å². The maximum absolute atomic E-state index is 12.3. The predicted octanol–water partition coefficient (Wildman–Crippen LogP) is 2.99. The quantitative estimate of drug-likeness (QED) is 0.783. The van der Waals surface area contributed by atoms with E-state index in [0.717, 1.165) is 10.9 Å². The minimum atomic E-state index is -0.686. The second-order valence-electron chi connectivity index (χ2n) is 5.43. The molecule has 0 aliphatic carbocycles. The Labute approximate surface area is 140 Å². The average molecular weight is 325 g/mol. The van der Waals surface area contributed by atoms with Crippen molar-refractivity contribution < 1.29 is 14.3 Å². The number of amides is 1. The molecule has 6 nitrogen and oxygen atoms in total. The first-order valence-corrected chi connectivity index (χ1v) is 7.62. The molecule has 1 heterocycles. The number of nitrogens with one attached hydrogen (secondary N) is 1. The normalized spacial score (nSPS) is 12.0. The predicted molar refractivity (Wildman–Crippen MR) is 92.4 cm³/mol. The minimum absolute atomic E-state index is 0.252. The Kier molecular flexibility index (Phi) is 4.37. The van der Waals surface area contributed by atoms with Gasteiger partial charge in [0.25, 0.3) is 5.91 Å². The molecule has 0 aliphatic heterocycles. The highest BCUT2D eigenvalue weighted by Gasteiger charge is 2.18. The third-order valence-corrected chi connectivity index (χ3v) is 3.72. The first-order valence-electron chi connectivity index (χ1n) is 7.62. The fraction of sp³-hybridized carbons (Fsp3) is 0.222. The molecule has 1 aromatic heterocycles. The number of aryl methyl sites for hydroxylation is 1. The van der Waals surface area contributed by atoms with Crippen molar-refractivity contribution in [1.82, 2.24) is 9.78 Å². The summed E-state index contributed by atoms with van der Waals surface area (Å²) in [5.41, 5.74) is 1.61. The molecule has 6 heteroatoms. The van der Waals surface area contributed by atoms with Gasteiger partial charge < -0.3 is 14.8 Å². The Morgan fingerprint density at radius 2 is 2.00 bits per heavy atom. The van der Waals surface area contributed by atoms with Crippen LogP contribution < -0.4 is 14.8 Å². The van der Waals surface area contributed by atoms with E-state index in [1.54, 1.807) is 30.8 Å². The summed E-state index contributed by atoms with van der Waals surface area (Å²) in [6.07, 6.45) is -0.686. The number of hydrogen-bond acceptors (Lipinski definition) is 4. The number of methoxy groups -OCH3 is 1. The first-order chi connectivity index (χ1) is 11.6. The lowest BCUT2D eigenvalue weighted by atomic mass is 10.2. The summed E-state index contributed by atoms with van der Waals surface area (Å²) in [6.45, 7) is 1.69. The second kappa shape index (κ2) is 6.62. The van der Waals surface area contributed by atoms with Gasteiger partial charge in [-0.1, -0.05) is 18.2 Å². The number of anilines is 1. The highest BCUT2D eigenvalue weighted by molar-refractivity contribution is 5.94. The highest BCUT2D eigenvalue weighted by atomic mass is 16.5. The van der Waals surface area contributed by atoms with E-state index in [4.69, 9.17) is 9.47 Å². The topological polar surface area (TPSA) is 65.4 Å². The summed E-state index contributed by atoms with van der Waals surface area (Å²) < 4.78 is 12.6. The second-order valence-corrected chi connectivity index (χ2v) is 5.43. The molecule has 3 rings (SSSR count). The van der Waals surface area contributed by atoms with Crippen molar-refractivity contribution in [2.75, 3.05) is 12.4 Å². The van der Waals surface area contributed by atoms with Crippen molar-refractivity contribution in [2.45, 2.75) is 13.0 Å². The Balaban J connectivity index is 1.73. The molecule has 3 aromatic rings. The van der Waals surface area contributed by atoms with Gasteiger partial charge in [-0.05, 0) is 31.2 Å². The number of rotatable bonds is 5. The molecule has 0 radical (unpaired) electrons. The number of carbonyl (C=O) groups is 1. The molecular formula is C18H19N3O3. The molecule has 1 unspecified atom stereocenters. The zero-order valence-corrected chi connectivity index (χ0v) is 13.8. The number of nitrogens with zero attached hydrogens (tertiary/aromatic N) is 2. The van der Waals surface area contributed by atoms with E-state index in [-0.39, 0.29) is 5.91 Å². The number of fused-ring (bicyclic) bond motifs is 1. The maximum Gasteiger partial charge on any atom is 0.265 e. The van der Waals surface area contributed by atoms with Gasteiger partial charge >= 0.3 is 0 Å². The third kappa shape index (κ3) is 3.17. The molecule has 0 saturated heterocycles. The standard InChI is InChI=1S/C18H19N3O3/c1-12(17(22)19-13-7-6-8-14(11-13)23-3)24-18-15-9-4-5-10-16(15)21(2)20-18/h4-12H,1-3H3,(H,19,22). The molecule has 1 atom stereocenters. The van der Waals surface area contributed by atoms with Crippen LogP contribution in [0.3, 0.4) is 0 Å². The van der Waals surface area contributed by atoms with Gasteiger partial charge in [-0.2, -0.15) is 0 Å². The fourth-order valence-electron chi connectivity index (χ4n) is 2.43. The Bertz CT molecular complexity index is 873. The van der Waals surface area contributed by atoms with Crippen LogP contribution in [-0.2, 0) is 11.8 Å². The summed E-state index contributed by atoms with van der Waals surface area (Å²) in [5, 5.41) is 8.03. The lowest BCUT2D eigenvalue weighted by Crippen LogP contribution is -2.30. The number of benzene rings is 2. The van der Waals surface area contributed by atoms with Gasteiger partial charge in [0.05, 0.1) is 18.0 Å². The number of aromatic nitrogens is 2. The van der Waals surface area contributed by atoms with Crippen molar-refractivity contribution in [1.29, 1.82) is 0 Å². The van der Waals surface area contributed by atoms with Crippen LogP contribution in [0.4, 0.5) is 5.69 Å². The Hall–Kier alpha value is -3.02. The van der Waals surface area contributed by atoms with Crippen LogP contribution in [-0.4, -0.2) is 28.9 Å². The number of hydrogen-bond donors (Lipinski definition) is 1. The van der Waals surface area contributed by atoms with Crippen LogP contribution in [0.25, 0.3) is 10.9 Å². The van der Waals surface area contributed by atoms with Gasteiger partial charge in [0.15, 0.2) is 6.10 Å². The molecule has 24 heavy (non-hydrogen) atoms. The molecule has 0 fully saturated rings. The lowest BCUT2D eigenvalue weighted by molar-refractivity contribution is -0.122. The van der Waals surface area contributed by atoms with Gasteiger partial charge in [-0.3, -0.25) is 9.48 Å². The van der Waals surface area contributed by atoms with Crippen LogP contribution in [0.5, 0.6) is 11.6 Å². The summed E-state index contributed by atoms with van der Waals surface area (Å²) in [4.78, 5) is 12.3. The van der Waals surface area contributed by atoms with E-state index in [0.29, 0.717) is 17.3 Å². The van der Waals surface area contributed by atoms with Gasteiger partial charge in [0, 0.05) is 18.8 Å². The molecule has 124 valence electrons. The van der Waals surface area contributed by atoms with Crippen LogP contribution >= 0.6 is 0 Å². The molecule has 0 bridgehead atoms. The molecular weight excluding hydrogens is 306 g/mol. The van der Waals surface area contributed by atoms with E-state index >= 15 is 0 Å². The van der Waals surface area contributed by atoms with Crippen molar-refractivity contribution in [2.24, 2.45) is 7.05 Å². The Morgan fingerprint density at radius 1 is 1.21 bits per heavy atom. The van der Waals surface area contributed by atoms with Crippen molar-refractivity contribution in [3.05, 3.63) is 48.5 Å². The number of para-hydroxylation sites is 1. The first kappa shape index (κ1) is 15.9. The van der Waals surface area contributed by atoms with E-state index < -0.39 is 6.10 Å². The zero-order chi connectivity index (χ0) is 17.1. The number of ether oxygens (including phenoxy) is 2. The Morgan fingerprint density at radius 3 is 2.79 bits per heavy atom. The molecule has 0 spiro atoms. The van der Waals surface area contributed by atoms with E-state index in [2.05, 4.69) is 10.4 Å². The summed E-state index contributed by atoms with van der Waals surface area (Å²) in [7, 11) is 3.43. The smallest absolute Gasteiger partial charge is 0.265 e. The number of carbonyl (C=O) groups excluding carboxylic acids is 1. The van der Waals surface area contributed by atoms with Gasteiger partial charge in [0.1, 0.15) is 5.75 Å².